The summed E-state index contributed by atoms with van der Waals surface area (Å²) in [6.45, 7) is 4.59. The fraction of sp³-hybridized carbons (Fsp3) is 0.600. The number of aryl methyl sites for hydroxylation is 1. The Bertz CT molecular complexity index is 403. The number of aromatic hydroxyl groups is 1. The maximum Gasteiger partial charge on any atom is 0.115 e. The standard InChI is InChI=1S/C15H23NO2/c1-10(2)14(7-8-17)16-15-6-3-11-9-12(18)4-5-13(11)15/h4-5,9-10,14-18H,3,6-8H2,1-2H3. The predicted octanol–water partition coefficient (Wildman–Crippen LogP) is 2.38. The molecule has 0 amide bonds. The predicted molar refractivity (Wildman–Crippen MR) is 72.6 cm³/mol. The van der Waals surface area contributed by atoms with E-state index < -0.39 is 0 Å². The number of fused-ring (bicyclic) bond motifs is 1. The van der Waals surface area contributed by atoms with Crippen molar-refractivity contribution in [2.24, 2.45) is 5.92 Å². The van der Waals surface area contributed by atoms with Gasteiger partial charge in [0.1, 0.15) is 5.75 Å². The molecule has 0 fully saturated rings. The van der Waals surface area contributed by atoms with E-state index in [0.717, 1.165) is 19.3 Å². The Kier molecular flexibility index (Phi) is 4.25. The highest BCUT2D eigenvalue weighted by atomic mass is 16.3. The van der Waals surface area contributed by atoms with Crippen LogP contribution in [0.15, 0.2) is 18.2 Å². The average molecular weight is 249 g/mol. The van der Waals surface area contributed by atoms with Crippen LogP contribution >= 0.6 is 0 Å². The van der Waals surface area contributed by atoms with Crippen molar-refractivity contribution in [2.45, 2.75) is 45.2 Å². The van der Waals surface area contributed by atoms with E-state index in [1.165, 1.54) is 11.1 Å². The molecule has 0 heterocycles. The third kappa shape index (κ3) is 2.85. The molecule has 2 unspecified atom stereocenters. The van der Waals surface area contributed by atoms with Crippen molar-refractivity contribution in [1.82, 2.24) is 5.32 Å². The molecule has 1 aliphatic rings. The Balaban J connectivity index is 2.08. The fourth-order valence-electron chi connectivity index (χ4n) is 2.78. The number of hydrogen-bond acceptors (Lipinski definition) is 3. The van der Waals surface area contributed by atoms with E-state index in [1.807, 2.05) is 12.1 Å². The maximum atomic E-state index is 9.48. The lowest BCUT2D eigenvalue weighted by atomic mass is 9.98. The van der Waals surface area contributed by atoms with Gasteiger partial charge in [-0.3, -0.25) is 0 Å². The van der Waals surface area contributed by atoms with Gasteiger partial charge in [-0.05, 0) is 48.4 Å². The third-order valence-corrected chi connectivity index (χ3v) is 3.86. The Hall–Kier alpha value is -1.06. The molecule has 0 saturated heterocycles. The molecule has 0 spiro atoms. The molecule has 0 aromatic heterocycles. The van der Waals surface area contributed by atoms with E-state index in [2.05, 4.69) is 19.2 Å². The SMILES string of the molecule is CC(C)C(CCO)NC1CCc2cc(O)ccc21. The van der Waals surface area contributed by atoms with Crippen LogP contribution in [0, 0.1) is 5.92 Å². The molecule has 3 nitrogen and oxygen atoms in total. The largest absolute Gasteiger partial charge is 0.508 e. The minimum absolute atomic E-state index is 0.227. The molecule has 1 aliphatic carbocycles. The Morgan fingerprint density at radius 3 is 2.83 bits per heavy atom. The normalized spacial score (nSPS) is 20.1. The molecule has 2 rings (SSSR count). The minimum atomic E-state index is 0.227. The summed E-state index contributed by atoms with van der Waals surface area (Å²) in [4.78, 5) is 0. The second-order valence-corrected chi connectivity index (χ2v) is 5.50. The van der Waals surface area contributed by atoms with E-state index >= 15 is 0 Å². The molecule has 1 aromatic carbocycles. The van der Waals surface area contributed by atoms with Crippen molar-refractivity contribution in [3.63, 3.8) is 0 Å². The first-order chi connectivity index (χ1) is 8.61. The van der Waals surface area contributed by atoms with Gasteiger partial charge < -0.3 is 15.5 Å². The summed E-state index contributed by atoms with van der Waals surface area (Å²) in [5, 5.41) is 22.3. The zero-order valence-corrected chi connectivity index (χ0v) is 11.2. The lowest BCUT2D eigenvalue weighted by molar-refractivity contribution is 0.234. The molecule has 0 aliphatic heterocycles. The number of phenols is 1. The van der Waals surface area contributed by atoms with Crippen LogP contribution < -0.4 is 5.32 Å². The zero-order chi connectivity index (χ0) is 13.1. The number of aliphatic hydroxyl groups excluding tert-OH is 1. The van der Waals surface area contributed by atoms with Crippen molar-refractivity contribution in [2.75, 3.05) is 6.61 Å². The summed E-state index contributed by atoms with van der Waals surface area (Å²) >= 11 is 0. The van der Waals surface area contributed by atoms with E-state index in [-0.39, 0.29) is 6.61 Å². The minimum Gasteiger partial charge on any atom is -0.508 e. The van der Waals surface area contributed by atoms with Gasteiger partial charge in [0.15, 0.2) is 0 Å². The molecule has 0 saturated carbocycles. The van der Waals surface area contributed by atoms with Gasteiger partial charge >= 0.3 is 0 Å². The van der Waals surface area contributed by atoms with Crippen LogP contribution in [0.1, 0.15) is 43.9 Å². The molecule has 3 heteroatoms. The molecule has 0 radical (unpaired) electrons. The van der Waals surface area contributed by atoms with Gasteiger partial charge in [-0.15, -0.1) is 0 Å². The molecular formula is C15H23NO2. The lowest BCUT2D eigenvalue weighted by Crippen LogP contribution is -2.36. The Morgan fingerprint density at radius 1 is 1.39 bits per heavy atom. The third-order valence-electron chi connectivity index (χ3n) is 3.86. The van der Waals surface area contributed by atoms with Crippen LogP contribution in [0.25, 0.3) is 0 Å². The van der Waals surface area contributed by atoms with Crippen LogP contribution in [0.4, 0.5) is 0 Å². The van der Waals surface area contributed by atoms with E-state index in [1.54, 1.807) is 6.07 Å². The van der Waals surface area contributed by atoms with Gasteiger partial charge in [0.05, 0.1) is 0 Å². The summed E-state index contributed by atoms with van der Waals surface area (Å²) in [6.07, 6.45) is 2.89. The highest BCUT2D eigenvalue weighted by Crippen LogP contribution is 2.34. The summed E-state index contributed by atoms with van der Waals surface area (Å²) < 4.78 is 0. The van der Waals surface area contributed by atoms with E-state index in [4.69, 9.17) is 5.11 Å². The lowest BCUT2D eigenvalue weighted by Gasteiger charge is -2.26. The number of aliphatic hydroxyl groups is 1. The molecule has 1 aromatic rings. The zero-order valence-electron chi connectivity index (χ0n) is 11.2. The van der Waals surface area contributed by atoms with Gasteiger partial charge in [0.25, 0.3) is 0 Å². The van der Waals surface area contributed by atoms with Crippen molar-refractivity contribution in [1.29, 1.82) is 0 Å². The number of benzene rings is 1. The van der Waals surface area contributed by atoms with E-state index in [9.17, 15) is 5.11 Å². The number of nitrogens with one attached hydrogen (secondary N) is 1. The Labute approximate surface area is 109 Å². The van der Waals surface area contributed by atoms with E-state index in [0.29, 0.717) is 23.8 Å². The van der Waals surface area contributed by atoms with Crippen LogP contribution in [0.2, 0.25) is 0 Å². The summed E-state index contributed by atoms with van der Waals surface area (Å²) in [5.41, 5.74) is 2.55. The van der Waals surface area contributed by atoms with Gasteiger partial charge in [0, 0.05) is 18.7 Å². The summed E-state index contributed by atoms with van der Waals surface area (Å²) in [5.74, 6) is 0.864. The average Bonchev–Trinajstić information content (AvgIpc) is 2.71. The fourth-order valence-corrected chi connectivity index (χ4v) is 2.78. The van der Waals surface area contributed by atoms with Crippen LogP contribution in [0.3, 0.4) is 0 Å². The van der Waals surface area contributed by atoms with Crippen molar-refractivity contribution in [3.05, 3.63) is 29.3 Å². The molecule has 18 heavy (non-hydrogen) atoms. The molecule has 3 N–H and O–H groups in total. The quantitative estimate of drug-likeness (QED) is 0.751. The first kappa shape index (κ1) is 13.4. The number of phenolic OH excluding ortho intramolecular Hbond substituents is 1. The second-order valence-electron chi connectivity index (χ2n) is 5.50. The molecule has 0 bridgehead atoms. The van der Waals surface area contributed by atoms with Gasteiger partial charge in [0.2, 0.25) is 0 Å². The summed E-state index contributed by atoms with van der Waals surface area (Å²) in [7, 11) is 0. The van der Waals surface area contributed by atoms with Gasteiger partial charge in [-0.2, -0.15) is 0 Å². The highest BCUT2D eigenvalue weighted by molar-refractivity contribution is 5.40. The van der Waals surface area contributed by atoms with Gasteiger partial charge in [-0.25, -0.2) is 0 Å². The monoisotopic (exact) mass is 249 g/mol. The molecule has 100 valence electrons. The van der Waals surface area contributed by atoms with Crippen LogP contribution in [-0.4, -0.2) is 22.9 Å². The first-order valence-electron chi connectivity index (χ1n) is 6.80. The van der Waals surface area contributed by atoms with Crippen molar-refractivity contribution < 1.29 is 10.2 Å². The topological polar surface area (TPSA) is 52.5 Å². The van der Waals surface area contributed by atoms with Crippen LogP contribution in [-0.2, 0) is 6.42 Å². The molecule has 2 atom stereocenters. The molecular weight excluding hydrogens is 226 g/mol. The second kappa shape index (κ2) is 5.72. The van der Waals surface area contributed by atoms with Crippen molar-refractivity contribution >= 4 is 0 Å². The van der Waals surface area contributed by atoms with Crippen LogP contribution in [0.5, 0.6) is 5.75 Å². The Morgan fingerprint density at radius 2 is 2.17 bits per heavy atom. The number of hydrogen-bond donors (Lipinski definition) is 3. The van der Waals surface area contributed by atoms with Gasteiger partial charge in [-0.1, -0.05) is 19.9 Å². The number of rotatable bonds is 5. The smallest absolute Gasteiger partial charge is 0.115 e. The summed E-state index contributed by atoms with van der Waals surface area (Å²) in [6, 6.07) is 6.35. The highest BCUT2D eigenvalue weighted by Gasteiger charge is 2.25. The maximum absolute atomic E-state index is 9.48. The first-order valence-corrected chi connectivity index (χ1v) is 6.80. The van der Waals surface area contributed by atoms with Crippen molar-refractivity contribution in [3.8, 4) is 5.75 Å².